The first-order valence-electron chi connectivity index (χ1n) is 8.64. The van der Waals surface area contributed by atoms with E-state index >= 15 is 0 Å². The Labute approximate surface area is 156 Å². The fraction of sp³-hybridized carbons (Fsp3) is 0.200. The van der Waals surface area contributed by atoms with Crippen molar-refractivity contribution in [2.45, 2.75) is 13.0 Å². The molecule has 2 N–H and O–H groups in total. The summed E-state index contributed by atoms with van der Waals surface area (Å²) in [4.78, 5) is 12.9. The monoisotopic (exact) mass is 365 g/mol. The van der Waals surface area contributed by atoms with Gasteiger partial charge in [0.1, 0.15) is 25.0 Å². The van der Waals surface area contributed by atoms with E-state index in [1.54, 1.807) is 13.0 Å². The fourth-order valence-electron chi connectivity index (χ4n) is 2.87. The second-order valence-corrected chi connectivity index (χ2v) is 6.16. The average Bonchev–Trinajstić information content (AvgIpc) is 3.11. The summed E-state index contributed by atoms with van der Waals surface area (Å²) in [6.45, 7) is 2.81. The molecule has 0 unspecified atom stereocenters. The van der Waals surface area contributed by atoms with Gasteiger partial charge in [-0.25, -0.2) is 0 Å². The molecule has 7 nitrogen and oxygen atoms in total. The van der Waals surface area contributed by atoms with E-state index < -0.39 is 6.04 Å². The van der Waals surface area contributed by atoms with Crippen molar-refractivity contribution < 1.29 is 18.8 Å². The zero-order valence-electron chi connectivity index (χ0n) is 14.8. The highest BCUT2D eigenvalue weighted by molar-refractivity contribution is 5.96. The number of anilines is 2. The number of benzene rings is 2. The number of carbonyl (C=O) groups excluding carboxylic acids is 1. The first kappa shape index (κ1) is 17.0. The van der Waals surface area contributed by atoms with Crippen molar-refractivity contribution in [2.24, 2.45) is 0 Å². The number of aromatic nitrogens is 1. The van der Waals surface area contributed by atoms with Gasteiger partial charge in [0.2, 0.25) is 0 Å². The third kappa shape index (κ3) is 3.87. The number of hydrogen-bond donors (Lipinski definition) is 2. The van der Waals surface area contributed by atoms with E-state index in [9.17, 15) is 4.79 Å². The van der Waals surface area contributed by atoms with Crippen molar-refractivity contribution in [1.29, 1.82) is 0 Å². The molecule has 1 amide bonds. The maximum absolute atomic E-state index is 12.9. The van der Waals surface area contributed by atoms with Crippen molar-refractivity contribution >= 4 is 17.4 Å². The topological polar surface area (TPSA) is 85.6 Å². The van der Waals surface area contributed by atoms with Crippen LogP contribution in [0.25, 0.3) is 0 Å². The highest BCUT2D eigenvalue weighted by Gasteiger charge is 2.22. The minimum Gasteiger partial charge on any atom is -0.486 e. The van der Waals surface area contributed by atoms with Crippen LogP contribution in [0.2, 0.25) is 0 Å². The molecule has 2 heterocycles. The molecule has 0 spiro atoms. The molecule has 7 heteroatoms. The second-order valence-electron chi connectivity index (χ2n) is 6.16. The van der Waals surface area contributed by atoms with Gasteiger partial charge in [0.25, 0.3) is 5.91 Å². The number of carbonyl (C=O) groups is 1. The van der Waals surface area contributed by atoms with E-state index in [1.165, 1.54) is 0 Å². The van der Waals surface area contributed by atoms with E-state index in [0.717, 1.165) is 11.3 Å². The third-order valence-corrected chi connectivity index (χ3v) is 4.13. The molecule has 1 atom stereocenters. The van der Waals surface area contributed by atoms with Gasteiger partial charge >= 0.3 is 0 Å². The van der Waals surface area contributed by atoms with Crippen molar-refractivity contribution in [2.75, 3.05) is 23.8 Å². The molecule has 3 aromatic rings. The van der Waals surface area contributed by atoms with Gasteiger partial charge in [-0.05, 0) is 24.6 Å². The molecule has 0 fully saturated rings. The largest absolute Gasteiger partial charge is 0.486 e. The predicted molar refractivity (Wildman–Crippen MR) is 100 cm³/mol. The highest BCUT2D eigenvalue weighted by atomic mass is 16.6. The number of fused-ring (bicyclic) bond motifs is 1. The number of rotatable bonds is 5. The molecule has 0 saturated heterocycles. The van der Waals surface area contributed by atoms with Gasteiger partial charge in [-0.2, -0.15) is 0 Å². The summed E-state index contributed by atoms with van der Waals surface area (Å²) < 4.78 is 16.2. The Kier molecular flexibility index (Phi) is 4.65. The highest BCUT2D eigenvalue weighted by Crippen LogP contribution is 2.34. The Balaban J connectivity index is 1.59. The van der Waals surface area contributed by atoms with Crippen LogP contribution in [0.5, 0.6) is 11.5 Å². The minimum atomic E-state index is -0.620. The molecule has 4 rings (SSSR count). The Bertz CT molecular complexity index is 939. The standard InChI is InChI=1S/C20H19N3O4/c1-13-11-18(23-27-13)22-20(24)19(14-5-3-2-4-6-14)21-15-7-8-16-17(12-15)26-10-9-25-16/h2-8,11-12,19,21H,9-10H2,1H3,(H,22,23,24)/t19-/m1/s1. The van der Waals surface area contributed by atoms with E-state index in [4.69, 9.17) is 14.0 Å². The average molecular weight is 365 g/mol. The van der Waals surface area contributed by atoms with Crippen molar-refractivity contribution in [1.82, 2.24) is 5.16 Å². The molecule has 1 aliphatic rings. The number of nitrogens with zero attached hydrogens (tertiary/aromatic N) is 1. The molecule has 1 aromatic heterocycles. The number of hydrogen-bond acceptors (Lipinski definition) is 6. The number of ether oxygens (including phenoxy) is 2. The molecule has 1 aliphatic heterocycles. The molecule has 0 aliphatic carbocycles. The van der Waals surface area contributed by atoms with Crippen molar-refractivity contribution in [3.63, 3.8) is 0 Å². The number of amides is 1. The molecular weight excluding hydrogens is 346 g/mol. The van der Waals surface area contributed by atoms with Crippen molar-refractivity contribution in [3.8, 4) is 11.5 Å². The van der Waals surface area contributed by atoms with Crippen LogP contribution in [0.3, 0.4) is 0 Å². The van der Waals surface area contributed by atoms with Crippen molar-refractivity contribution in [3.05, 3.63) is 65.9 Å². The predicted octanol–water partition coefficient (Wildman–Crippen LogP) is 3.55. The summed E-state index contributed by atoms with van der Waals surface area (Å²) in [6, 6.07) is 16.0. The molecule has 0 bridgehead atoms. The van der Waals surface area contributed by atoms with Crippen LogP contribution in [0.1, 0.15) is 17.4 Å². The molecule has 138 valence electrons. The summed E-state index contributed by atoms with van der Waals surface area (Å²) in [7, 11) is 0. The lowest BCUT2D eigenvalue weighted by atomic mass is 10.1. The summed E-state index contributed by atoms with van der Waals surface area (Å²) >= 11 is 0. The maximum atomic E-state index is 12.9. The van der Waals surface area contributed by atoms with Gasteiger partial charge in [-0.1, -0.05) is 35.5 Å². The van der Waals surface area contributed by atoms with Gasteiger partial charge in [0.15, 0.2) is 17.3 Å². The smallest absolute Gasteiger partial charge is 0.252 e. The SMILES string of the molecule is Cc1cc(NC(=O)[C@H](Nc2ccc3c(c2)OCCO3)c2ccccc2)no1. The molecule has 27 heavy (non-hydrogen) atoms. The lowest BCUT2D eigenvalue weighted by Gasteiger charge is -2.22. The van der Waals surface area contributed by atoms with Crippen LogP contribution < -0.4 is 20.1 Å². The second kappa shape index (κ2) is 7.41. The van der Waals surface area contributed by atoms with E-state index in [0.29, 0.717) is 36.3 Å². The van der Waals surface area contributed by atoms with E-state index in [1.807, 2.05) is 48.5 Å². The van der Waals surface area contributed by atoms with Crippen LogP contribution in [-0.4, -0.2) is 24.3 Å². The van der Waals surface area contributed by atoms with Gasteiger partial charge in [0.05, 0.1) is 0 Å². The Morgan fingerprint density at radius 2 is 1.81 bits per heavy atom. The fourth-order valence-corrected chi connectivity index (χ4v) is 2.87. The molecular formula is C20H19N3O4. The molecule has 0 radical (unpaired) electrons. The normalized spacial score (nSPS) is 13.7. The third-order valence-electron chi connectivity index (χ3n) is 4.13. The maximum Gasteiger partial charge on any atom is 0.252 e. The summed E-state index contributed by atoms with van der Waals surface area (Å²) in [5.41, 5.74) is 1.57. The number of aryl methyl sites for hydroxylation is 1. The van der Waals surface area contributed by atoms with Gasteiger partial charge in [0, 0.05) is 17.8 Å². The van der Waals surface area contributed by atoms with Crippen LogP contribution in [0.15, 0.2) is 59.1 Å². The van der Waals surface area contributed by atoms with Gasteiger partial charge in [-0.3, -0.25) is 4.79 Å². The van der Waals surface area contributed by atoms with Crippen LogP contribution >= 0.6 is 0 Å². The Morgan fingerprint density at radius 3 is 2.56 bits per heavy atom. The zero-order valence-corrected chi connectivity index (χ0v) is 14.8. The lowest BCUT2D eigenvalue weighted by Crippen LogP contribution is -2.27. The summed E-state index contributed by atoms with van der Waals surface area (Å²) in [5.74, 6) is 2.12. The zero-order chi connectivity index (χ0) is 18.6. The van der Waals surface area contributed by atoms with E-state index in [-0.39, 0.29) is 5.91 Å². The van der Waals surface area contributed by atoms with Crippen LogP contribution in [-0.2, 0) is 4.79 Å². The van der Waals surface area contributed by atoms with Crippen LogP contribution in [0, 0.1) is 6.92 Å². The first-order valence-corrected chi connectivity index (χ1v) is 8.64. The lowest BCUT2D eigenvalue weighted by molar-refractivity contribution is -0.117. The molecule has 0 saturated carbocycles. The first-order chi connectivity index (χ1) is 13.2. The van der Waals surface area contributed by atoms with Crippen LogP contribution in [0.4, 0.5) is 11.5 Å². The number of nitrogens with one attached hydrogen (secondary N) is 2. The van der Waals surface area contributed by atoms with Gasteiger partial charge in [-0.15, -0.1) is 0 Å². The van der Waals surface area contributed by atoms with Gasteiger partial charge < -0.3 is 24.6 Å². The Morgan fingerprint density at radius 1 is 1.04 bits per heavy atom. The summed E-state index contributed by atoms with van der Waals surface area (Å²) in [5, 5.41) is 9.87. The summed E-state index contributed by atoms with van der Waals surface area (Å²) in [6.07, 6.45) is 0. The Hall–Kier alpha value is -3.48. The quantitative estimate of drug-likeness (QED) is 0.719. The molecule has 2 aromatic carbocycles. The minimum absolute atomic E-state index is 0.246. The van der Waals surface area contributed by atoms with E-state index in [2.05, 4.69) is 15.8 Å².